The quantitative estimate of drug-likeness (QED) is 0.449. The molecule has 7 rings (SSSR count). The summed E-state index contributed by atoms with van der Waals surface area (Å²) < 4.78 is 13.5. The lowest BCUT2D eigenvalue weighted by Gasteiger charge is -2.75. The number of ether oxygens (including phenoxy) is 2. The third kappa shape index (κ3) is 2.29. The Morgan fingerprint density at radius 1 is 1.24 bits per heavy atom. The molecule has 6 aliphatic rings. The van der Waals surface area contributed by atoms with Crippen LogP contribution in [-0.2, 0) is 16.6 Å². The van der Waals surface area contributed by atoms with Crippen LogP contribution in [0.3, 0.4) is 0 Å². The van der Waals surface area contributed by atoms with E-state index in [2.05, 4.69) is 44.0 Å². The number of rotatable bonds is 7. The largest absolute Gasteiger partial charge is 0.504 e. The van der Waals surface area contributed by atoms with Crippen molar-refractivity contribution in [1.82, 2.24) is 4.90 Å². The summed E-state index contributed by atoms with van der Waals surface area (Å²) >= 11 is 0. The molecular weight excluding hydrogens is 426 g/mol. The molecular formula is C29H41NO4. The number of piperidine rings is 1. The van der Waals surface area contributed by atoms with Gasteiger partial charge in [0.15, 0.2) is 11.5 Å². The summed E-state index contributed by atoms with van der Waals surface area (Å²) in [4.78, 5) is 2.53. The number of phenols is 1. The maximum absolute atomic E-state index is 12.1. The van der Waals surface area contributed by atoms with Gasteiger partial charge in [0.2, 0.25) is 0 Å². The van der Waals surface area contributed by atoms with Crippen molar-refractivity contribution in [3.05, 3.63) is 35.4 Å². The molecule has 2 aliphatic heterocycles. The van der Waals surface area contributed by atoms with E-state index in [1.54, 1.807) is 13.2 Å². The van der Waals surface area contributed by atoms with Crippen molar-refractivity contribution in [2.24, 2.45) is 11.3 Å². The van der Waals surface area contributed by atoms with Gasteiger partial charge in [-0.3, -0.25) is 0 Å². The van der Waals surface area contributed by atoms with E-state index in [1.165, 1.54) is 24.0 Å². The van der Waals surface area contributed by atoms with Crippen molar-refractivity contribution in [2.75, 3.05) is 20.7 Å². The fourth-order valence-corrected chi connectivity index (χ4v) is 9.47. The maximum Gasteiger partial charge on any atom is 0.166 e. The molecule has 2 N–H and O–H groups in total. The van der Waals surface area contributed by atoms with Crippen LogP contribution < -0.4 is 4.74 Å². The first kappa shape index (κ1) is 22.9. The second kappa shape index (κ2) is 7.02. The Bertz CT molecular complexity index is 1050. The van der Waals surface area contributed by atoms with Crippen molar-refractivity contribution in [1.29, 1.82) is 0 Å². The number of methoxy groups -OCH3 is 1. The summed E-state index contributed by atoms with van der Waals surface area (Å²) in [6, 6.07) is 4.24. The smallest absolute Gasteiger partial charge is 0.166 e. The standard InChI is InChI=1S/C29H41NO4/c1-6-7-8-9-12-25(2,32)21-18-27-13-14-29(21,33-5)26(3)28(27)15-16-30(4)22(27)17-19-10-11-20(31)24(34-26)23(19)28/h10-11,13-14,21-22,31-32H,6-9,12,15-18H2,1-5H3/t21-,22+,25+,26-,27+,28-,29+/m0/s1. The highest BCUT2D eigenvalue weighted by atomic mass is 16.6. The molecule has 2 heterocycles. The molecule has 1 aromatic carbocycles. The molecule has 0 aromatic heterocycles. The zero-order valence-corrected chi connectivity index (χ0v) is 21.5. The van der Waals surface area contributed by atoms with Crippen LogP contribution in [0.5, 0.6) is 11.5 Å². The number of likely N-dealkylation sites (tertiary alicyclic amines) is 1. The molecule has 0 unspecified atom stereocenters. The van der Waals surface area contributed by atoms with Crippen molar-refractivity contribution in [2.45, 2.75) is 100 Å². The third-order valence-corrected chi connectivity index (χ3v) is 11.0. The molecule has 186 valence electrons. The first-order chi connectivity index (χ1) is 16.1. The average molecular weight is 468 g/mol. The minimum Gasteiger partial charge on any atom is -0.504 e. The second-order valence-electron chi connectivity index (χ2n) is 12.2. The topological polar surface area (TPSA) is 62.2 Å². The van der Waals surface area contributed by atoms with Gasteiger partial charge in [-0.2, -0.15) is 0 Å². The summed E-state index contributed by atoms with van der Waals surface area (Å²) in [6.45, 7) is 7.45. The fourth-order valence-electron chi connectivity index (χ4n) is 9.47. The lowest BCUT2D eigenvalue weighted by atomic mass is 9.32. The SMILES string of the molecule is CCCCCC[C@@](C)(O)[C@@H]1C[C@@]23C=C[C@]1(OC)[C@@]1(C)Oc4c(O)ccc5c4[C@@]12CCN(C)[C@@H]3C5. The van der Waals surface area contributed by atoms with Gasteiger partial charge in [-0.05, 0) is 64.8 Å². The highest BCUT2D eigenvalue weighted by Gasteiger charge is 2.85. The van der Waals surface area contributed by atoms with Crippen LogP contribution in [0.1, 0.15) is 76.8 Å². The summed E-state index contributed by atoms with van der Waals surface area (Å²) in [6.07, 6.45) is 12.8. The Labute approximate surface area is 204 Å². The van der Waals surface area contributed by atoms with E-state index in [0.29, 0.717) is 11.8 Å². The summed E-state index contributed by atoms with van der Waals surface area (Å²) in [5, 5.41) is 23.0. The lowest BCUT2D eigenvalue weighted by molar-refractivity contribution is -0.286. The molecule has 2 fully saturated rings. The highest BCUT2D eigenvalue weighted by molar-refractivity contribution is 5.67. The van der Waals surface area contributed by atoms with Gasteiger partial charge in [-0.15, -0.1) is 0 Å². The number of hydrogen-bond acceptors (Lipinski definition) is 5. The predicted octanol–water partition coefficient (Wildman–Crippen LogP) is 4.72. The molecule has 7 atom stereocenters. The van der Waals surface area contributed by atoms with Gasteiger partial charge in [0.25, 0.3) is 0 Å². The molecule has 1 aromatic rings. The zero-order chi connectivity index (χ0) is 24.1. The van der Waals surface area contributed by atoms with Gasteiger partial charge in [-0.25, -0.2) is 0 Å². The monoisotopic (exact) mass is 467 g/mol. The summed E-state index contributed by atoms with van der Waals surface area (Å²) in [7, 11) is 4.04. The fraction of sp³-hybridized carbons (Fsp3) is 0.724. The van der Waals surface area contributed by atoms with E-state index < -0.39 is 16.8 Å². The van der Waals surface area contributed by atoms with Crippen LogP contribution >= 0.6 is 0 Å². The van der Waals surface area contributed by atoms with Crippen LogP contribution in [-0.4, -0.2) is 58.7 Å². The second-order valence-corrected chi connectivity index (χ2v) is 12.2. The number of aliphatic hydroxyl groups is 1. The first-order valence-corrected chi connectivity index (χ1v) is 13.4. The van der Waals surface area contributed by atoms with Gasteiger partial charge >= 0.3 is 0 Å². The van der Waals surface area contributed by atoms with Gasteiger partial charge in [0.1, 0.15) is 11.2 Å². The molecule has 5 nitrogen and oxygen atoms in total. The first-order valence-electron chi connectivity index (χ1n) is 13.4. The minimum atomic E-state index is -0.876. The summed E-state index contributed by atoms with van der Waals surface area (Å²) in [5.74, 6) is 0.785. The molecule has 1 saturated carbocycles. The zero-order valence-electron chi connectivity index (χ0n) is 21.5. The van der Waals surface area contributed by atoms with Crippen molar-refractivity contribution in [3.63, 3.8) is 0 Å². The van der Waals surface area contributed by atoms with Gasteiger partial charge < -0.3 is 24.6 Å². The number of unbranched alkanes of at least 4 members (excludes halogenated alkanes) is 3. The Hall–Kier alpha value is -1.56. The van der Waals surface area contributed by atoms with E-state index in [9.17, 15) is 10.2 Å². The Morgan fingerprint density at radius 2 is 2.03 bits per heavy atom. The average Bonchev–Trinajstić information content (AvgIpc) is 3.11. The predicted molar refractivity (Wildman–Crippen MR) is 132 cm³/mol. The van der Waals surface area contributed by atoms with Crippen LogP contribution in [0, 0.1) is 11.3 Å². The van der Waals surface area contributed by atoms with Crippen molar-refractivity contribution < 1.29 is 19.7 Å². The van der Waals surface area contributed by atoms with Crippen molar-refractivity contribution >= 4 is 0 Å². The van der Waals surface area contributed by atoms with Crippen molar-refractivity contribution in [3.8, 4) is 11.5 Å². The Morgan fingerprint density at radius 3 is 2.76 bits per heavy atom. The van der Waals surface area contributed by atoms with E-state index in [1.807, 2.05) is 6.92 Å². The molecule has 4 bridgehead atoms. The minimum absolute atomic E-state index is 0.0956. The van der Waals surface area contributed by atoms with Crippen LogP contribution in [0.15, 0.2) is 24.3 Å². The van der Waals surface area contributed by atoms with E-state index in [4.69, 9.17) is 9.47 Å². The maximum atomic E-state index is 12.1. The highest BCUT2D eigenvalue weighted by Crippen LogP contribution is 2.79. The number of phenolic OH excluding ortho intramolecular Hbond substituents is 1. The molecule has 4 aliphatic carbocycles. The molecule has 5 heteroatoms. The number of likely N-dealkylation sites (N-methyl/N-ethyl adjacent to an activating group) is 1. The molecule has 0 amide bonds. The van der Waals surface area contributed by atoms with E-state index in [0.717, 1.165) is 45.1 Å². The number of aromatic hydroxyl groups is 1. The normalized spacial score (nSPS) is 42.9. The van der Waals surface area contributed by atoms with Crippen LogP contribution in [0.2, 0.25) is 0 Å². The van der Waals surface area contributed by atoms with Crippen LogP contribution in [0.4, 0.5) is 0 Å². The van der Waals surface area contributed by atoms with Crippen LogP contribution in [0.25, 0.3) is 0 Å². The third-order valence-electron chi connectivity index (χ3n) is 11.0. The van der Waals surface area contributed by atoms with E-state index in [-0.39, 0.29) is 22.5 Å². The number of fused-ring (bicyclic) bond motifs is 1. The van der Waals surface area contributed by atoms with E-state index >= 15 is 0 Å². The number of hydrogen-bond donors (Lipinski definition) is 2. The Balaban J connectivity index is 1.56. The summed E-state index contributed by atoms with van der Waals surface area (Å²) in [5.41, 5.74) is -0.295. The molecule has 2 spiro atoms. The van der Waals surface area contributed by atoms with Gasteiger partial charge in [0.05, 0.1) is 11.0 Å². The lowest BCUT2D eigenvalue weighted by Crippen LogP contribution is -2.85. The molecule has 34 heavy (non-hydrogen) atoms. The number of benzene rings is 1. The molecule has 0 radical (unpaired) electrons. The van der Waals surface area contributed by atoms with Gasteiger partial charge in [0, 0.05) is 30.0 Å². The number of nitrogens with zero attached hydrogens (tertiary/aromatic N) is 1. The van der Waals surface area contributed by atoms with Gasteiger partial charge in [-0.1, -0.05) is 50.8 Å². The molecule has 1 saturated heterocycles. The Kier molecular flexibility index (Phi) is 4.72.